The normalized spacial score (nSPS) is 31.0. The first kappa shape index (κ1) is 18.6. The maximum absolute atomic E-state index is 10.6. The molecule has 0 radical (unpaired) electrons. The second kappa shape index (κ2) is 8.50. The molecule has 2 heterocycles. The third kappa shape index (κ3) is 4.23. The zero-order valence-electron chi connectivity index (χ0n) is 15.4. The molecule has 5 nitrogen and oxygen atoms in total. The Labute approximate surface area is 160 Å². The van der Waals surface area contributed by atoms with Crippen molar-refractivity contribution in [3.8, 4) is 0 Å². The molecule has 0 amide bonds. The Bertz CT molecular complexity index is 711. The first-order chi connectivity index (χ1) is 13.2. The summed E-state index contributed by atoms with van der Waals surface area (Å²) >= 11 is 0. The van der Waals surface area contributed by atoms with Crippen molar-refractivity contribution in [2.75, 3.05) is 13.1 Å². The molecule has 2 aromatic carbocycles. The van der Waals surface area contributed by atoms with Crippen molar-refractivity contribution >= 4 is 0 Å². The van der Waals surface area contributed by atoms with Gasteiger partial charge in [0, 0.05) is 13.1 Å². The van der Waals surface area contributed by atoms with E-state index in [1.165, 1.54) is 0 Å². The molecule has 0 aromatic heterocycles. The van der Waals surface area contributed by atoms with E-state index >= 15 is 0 Å². The molecular formula is C22H27NO4. The van der Waals surface area contributed by atoms with Crippen LogP contribution in [-0.2, 0) is 22.7 Å². The summed E-state index contributed by atoms with van der Waals surface area (Å²) in [6.07, 6.45) is -1.36. The highest BCUT2D eigenvalue weighted by molar-refractivity contribution is 5.15. The first-order valence-corrected chi connectivity index (χ1v) is 9.63. The summed E-state index contributed by atoms with van der Waals surface area (Å²) in [7, 11) is 0. The number of ether oxygens (including phenoxy) is 2. The van der Waals surface area contributed by atoms with Crippen LogP contribution < -0.4 is 0 Å². The molecule has 2 saturated heterocycles. The third-order valence-corrected chi connectivity index (χ3v) is 5.59. The van der Waals surface area contributed by atoms with E-state index in [1.54, 1.807) is 0 Å². The highest BCUT2D eigenvalue weighted by atomic mass is 16.5. The lowest BCUT2D eigenvalue weighted by atomic mass is 9.94. The molecule has 5 heteroatoms. The van der Waals surface area contributed by atoms with E-state index in [2.05, 4.69) is 4.90 Å². The monoisotopic (exact) mass is 369 g/mol. The Hall–Kier alpha value is -1.76. The van der Waals surface area contributed by atoms with Gasteiger partial charge < -0.3 is 19.7 Å². The van der Waals surface area contributed by atoms with Gasteiger partial charge in [-0.3, -0.25) is 4.90 Å². The highest BCUT2D eigenvalue weighted by Gasteiger charge is 2.50. The Kier molecular flexibility index (Phi) is 5.86. The van der Waals surface area contributed by atoms with E-state index in [4.69, 9.17) is 9.47 Å². The molecule has 2 fully saturated rings. The van der Waals surface area contributed by atoms with Crippen molar-refractivity contribution in [2.24, 2.45) is 0 Å². The number of aliphatic hydroxyl groups excluding tert-OH is 2. The predicted molar refractivity (Wildman–Crippen MR) is 102 cm³/mol. The topological polar surface area (TPSA) is 62.2 Å². The summed E-state index contributed by atoms with van der Waals surface area (Å²) in [4.78, 5) is 2.20. The van der Waals surface area contributed by atoms with Crippen LogP contribution >= 0.6 is 0 Å². The number of hydrogen-bond donors (Lipinski definition) is 2. The number of hydrogen-bond acceptors (Lipinski definition) is 5. The smallest absolute Gasteiger partial charge is 0.103 e. The predicted octanol–water partition coefficient (Wildman–Crippen LogP) is 1.97. The fourth-order valence-corrected chi connectivity index (χ4v) is 4.13. The van der Waals surface area contributed by atoms with Crippen LogP contribution in [0.15, 0.2) is 60.7 Å². The molecule has 27 heavy (non-hydrogen) atoms. The van der Waals surface area contributed by atoms with Crippen LogP contribution in [0.5, 0.6) is 0 Å². The average Bonchev–Trinajstić information content (AvgIpc) is 3.07. The van der Waals surface area contributed by atoms with Gasteiger partial charge in [0.05, 0.1) is 37.6 Å². The molecule has 4 rings (SSSR count). The van der Waals surface area contributed by atoms with E-state index in [-0.39, 0.29) is 18.2 Å². The zero-order valence-corrected chi connectivity index (χ0v) is 15.4. The van der Waals surface area contributed by atoms with E-state index in [0.29, 0.717) is 26.2 Å². The van der Waals surface area contributed by atoms with E-state index < -0.39 is 12.2 Å². The molecule has 2 aliphatic heterocycles. The molecule has 2 N–H and O–H groups in total. The van der Waals surface area contributed by atoms with Gasteiger partial charge in [-0.2, -0.15) is 0 Å². The summed E-state index contributed by atoms with van der Waals surface area (Å²) in [5.41, 5.74) is 2.20. The van der Waals surface area contributed by atoms with Crippen LogP contribution in [-0.4, -0.2) is 58.7 Å². The summed E-state index contributed by atoms with van der Waals surface area (Å²) in [5.74, 6) is 0. The lowest BCUT2D eigenvalue weighted by Crippen LogP contribution is -2.55. The number of benzene rings is 2. The van der Waals surface area contributed by atoms with Crippen molar-refractivity contribution in [3.05, 3.63) is 71.8 Å². The van der Waals surface area contributed by atoms with Crippen LogP contribution in [0.2, 0.25) is 0 Å². The minimum atomic E-state index is -0.815. The molecular weight excluding hydrogens is 342 g/mol. The van der Waals surface area contributed by atoms with Crippen molar-refractivity contribution in [1.82, 2.24) is 4.90 Å². The van der Waals surface area contributed by atoms with E-state index in [9.17, 15) is 10.2 Å². The fraction of sp³-hybridized carbons (Fsp3) is 0.455. The summed E-state index contributed by atoms with van der Waals surface area (Å²) < 4.78 is 12.4. The van der Waals surface area contributed by atoms with Crippen LogP contribution in [0.1, 0.15) is 17.5 Å². The Morgan fingerprint density at radius 3 is 2.07 bits per heavy atom. The minimum absolute atomic E-state index is 0.140. The van der Waals surface area contributed by atoms with Gasteiger partial charge in [-0.05, 0) is 17.5 Å². The second-order valence-electron chi connectivity index (χ2n) is 7.43. The number of rotatable bonds is 6. The van der Waals surface area contributed by atoms with Crippen molar-refractivity contribution in [1.29, 1.82) is 0 Å². The first-order valence-electron chi connectivity index (χ1n) is 9.63. The van der Waals surface area contributed by atoms with Crippen molar-refractivity contribution in [3.63, 3.8) is 0 Å². The maximum atomic E-state index is 10.6. The molecule has 0 spiro atoms. The van der Waals surface area contributed by atoms with Gasteiger partial charge in [-0.25, -0.2) is 0 Å². The zero-order chi connectivity index (χ0) is 18.6. The summed E-state index contributed by atoms with van der Waals surface area (Å²) in [6, 6.07) is 19.8. The van der Waals surface area contributed by atoms with Crippen LogP contribution in [0, 0.1) is 0 Å². The molecule has 0 bridgehead atoms. The van der Waals surface area contributed by atoms with Crippen molar-refractivity contribution < 1.29 is 19.7 Å². The van der Waals surface area contributed by atoms with Gasteiger partial charge in [-0.15, -0.1) is 0 Å². The SMILES string of the molecule is O[C@H]1[C@@H]2[C@H](OCc3ccccc3)[C@@H](OCc3ccccc3)CN2CC[C@H]1O. The van der Waals surface area contributed by atoms with Crippen LogP contribution in [0.4, 0.5) is 0 Å². The second-order valence-corrected chi connectivity index (χ2v) is 7.43. The van der Waals surface area contributed by atoms with E-state index in [0.717, 1.165) is 17.7 Å². The fourth-order valence-electron chi connectivity index (χ4n) is 4.13. The molecule has 5 atom stereocenters. The number of piperidine rings is 1. The quantitative estimate of drug-likeness (QED) is 0.815. The number of nitrogens with zero attached hydrogens (tertiary/aromatic N) is 1. The Balaban J connectivity index is 1.47. The summed E-state index contributed by atoms with van der Waals surface area (Å²) in [6.45, 7) is 2.43. The van der Waals surface area contributed by atoms with Gasteiger partial charge in [0.1, 0.15) is 6.10 Å². The van der Waals surface area contributed by atoms with Crippen LogP contribution in [0.3, 0.4) is 0 Å². The summed E-state index contributed by atoms with van der Waals surface area (Å²) in [5, 5.41) is 20.7. The molecule has 2 aliphatic rings. The lowest BCUT2D eigenvalue weighted by Gasteiger charge is -2.39. The van der Waals surface area contributed by atoms with Gasteiger partial charge in [0.25, 0.3) is 0 Å². The molecule has 2 aromatic rings. The molecule has 0 aliphatic carbocycles. The van der Waals surface area contributed by atoms with Gasteiger partial charge >= 0.3 is 0 Å². The van der Waals surface area contributed by atoms with Gasteiger partial charge in [0.15, 0.2) is 0 Å². The number of fused-ring (bicyclic) bond motifs is 1. The van der Waals surface area contributed by atoms with Crippen LogP contribution in [0.25, 0.3) is 0 Å². The third-order valence-electron chi connectivity index (χ3n) is 5.59. The highest BCUT2D eigenvalue weighted by Crippen LogP contribution is 2.32. The molecule has 0 unspecified atom stereocenters. The average molecular weight is 369 g/mol. The standard InChI is InChI=1S/C22H27NO4/c24-18-11-12-23-13-19(26-14-16-7-3-1-4-8-16)22(20(23)21(18)25)27-15-17-9-5-2-6-10-17/h1-10,18-22,24-25H,11-15H2/t18-,19+,20-,21-,22-/m1/s1. The Morgan fingerprint density at radius 1 is 0.852 bits per heavy atom. The lowest BCUT2D eigenvalue weighted by molar-refractivity contribution is -0.119. The van der Waals surface area contributed by atoms with E-state index in [1.807, 2.05) is 60.7 Å². The maximum Gasteiger partial charge on any atom is 0.103 e. The molecule has 144 valence electrons. The largest absolute Gasteiger partial charge is 0.390 e. The minimum Gasteiger partial charge on any atom is -0.390 e. The van der Waals surface area contributed by atoms with Crippen molar-refractivity contribution in [2.45, 2.75) is 50.1 Å². The number of aliphatic hydroxyl groups is 2. The molecule has 0 saturated carbocycles. The van der Waals surface area contributed by atoms with Gasteiger partial charge in [-0.1, -0.05) is 60.7 Å². The van der Waals surface area contributed by atoms with Gasteiger partial charge in [0.2, 0.25) is 0 Å². The Morgan fingerprint density at radius 2 is 1.44 bits per heavy atom.